The summed E-state index contributed by atoms with van der Waals surface area (Å²) in [6.07, 6.45) is 0.445. The Balaban J connectivity index is 3.08. The molecule has 94 valence electrons. The molecule has 0 fully saturated rings. The van der Waals surface area contributed by atoms with Crippen molar-refractivity contribution >= 4 is 11.9 Å². The molecule has 1 heterocycles. The van der Waals surface area contributed by atoms with Crippen LogP contribution in [0.2, 0.25) is 0 Å². The zero-order chi connectivity index (χ0) is 13.2. The van der Waals surface area contributed by atoms with Crippen LogP contribution in [0.5, 0.6) is 0 Å². The summed E-state index contributed by atoms with van der Waals surface area (Å²) in [7, 11) is 1.65. The van der Waals surface area contributed by atoms with Crippen molar-refractivity contribution < 1.29 is 19.1 Å². The lowest BCUT2D eigenvalue weighted by molar-refractivity contribution is 0.0690. The number of carbonyl (C=O) groups is 2. The summed E-state index contributed by atoms with van der Waals surface area (Å²) in [5, 5.41) is 8.95. The summed E-state index contributed by atoms with van der Waals surface area (Å²) >= 11 is 0. The summed E-state index contributed by atoms with van der Waals surface area (Å²) in [4.78, 5) is 24.4. The summed E-state index contributed by atoms with van der Waals surface area (Å²) in [6.45, 7) is 5.53. The van der Waals surface area contributed by atoms with Crippen molar-refractivity contribution in [1.29, 1.82) is 0 Å². The van der Waals surface area contributed by atoms with Crippen molar-refractivity contribution in [3.05, 3.63) is 23.2 Å². The molecule has 0 aliphatic heterocycles. The molecule has 0 bridgehead atoms. The number of hydrogen-bond donors (Lipinski definition) is 1. The van der Waals surface area contributed by atoms with E-state index in [0.717, 1.165) is 0 Å². The van der Waals surface area contributed by atoms with Crippen LogP contribution in [0, 0.1) is 0 Å². The zero-order valence-electron chi connectivity index (χ0n) is 10.5. The van der Waals surface area contributed by atoms with E-state index in [1.807, 2.05) is 13.8 Å². The van der Waals surface area contributed by atoms with Crippen molar-refractivity contribution in [3.8, 4) is 0 Å². The van der Waals surface area contributed by atoms with Gasteiger partial charge in [-0.2, -0.15) is 0 Å². The van der Waals surface area contributed by atoms with E-state index >= 15 is 0 Å². The van der Waals surface area contributed by atoms with E-state index in [2.05, 4.69) is 0 Å². The number of furan rings is 1. The maximum absolute atomic E-state index is 11.9. The van der Waals surface area contributed by atoms with Crippen LogP contribution in [0.1, 0.15) is 47.4 Å². The molecule has 17 heavy (non-hydrogen) atoms. The van der Waals surface area contributed by atoms with Crippen molar-refractivity contribution in [2.75, 3.05) is 7.05 Å². The maximum Gasteiger partial charge on any atom is 0.339 e. The number of carbonyl (C=O) groups excluding carboxylic acids is 1. The summed E-state index contributed by atoms with van der Waals surface area (Å²) in [6, 6.07) is 1.33. The molecule has 0 saturated carbocycles. The molecule has 1 amide bonds. The van der Waals surface area contributed by atoms with Gasteiger partial charge in [0.1, 0.15) is 11.3 Å². The number of aryl methyl sites for hydroxylation is 1. The Hall–Kier alpha value is -1.78. The fourth-order valence-corrected chi connectivity index (χ4v) is 1.39. The quantitative estimate of drug-likeness (QED) is 0.872. The maximum atomic E-state index is 11.9. The van der Waals surface area contributed by atoms with E-state index in [1.165, 1.54) is 11.0 Å². The van der Waals surface area contributed by atoms with Gasteiger partial charge in [0.2, 0.25) is 0 Å². The monoisotopic (exact) mass is 239 g/mol. The Morgan fingerprint density at radius 1 is 1.47 bits per heavy atom. The molecule has 1 N–H and O–H groups in total. The van der Waals surface area contributed by atoms with Crippen LogP contribution < -0.4 is 0 Å². The normalized spacial score (nSPS) is 10.6. The molecule has 0 unspecified atom stereocenters. The molecule has 1 aromatic rings. The molecule has 0 saturated heterocycles. The molecular formula is C12H17NO4. The average Bonchev–Trinajstić information content (AvgIpc) is 2.70. The Morgan fingerprint density at radius 2 is 2.06 bits per heavy atom. The fraction of sp³-hybridized carbons (Fsp3) is 0.500. The highest BCUT2D eigenvalue weighted by atomic mass is 16.4. The van der Waals surface area contributed by atoms with Crippen LogP contribution in [-0.4, -0.2) is 35.0 Å². The minimum Gasteiger partial charge on any atom is -0.478 e. The van der Waals surface area contributed by atoms with Crippen LogP contribution in [0.15, 0.2) is 10.5 Å². The number of hydrogen-bond acceptors (Lipinski definition) is 3. The zero-order valence-corrected chi connectivity index (χ0v) is 10.5. The second-order valence-corrected chi connectivity index (χ2v) is 4.12. The van der Waals surface area contributed by atoms with Gasteiger partial charge in [0, 0.05) is 25.6 Å². The van der Waals surface area contributed by atoms with Crippen molar-refractivity contribution in [2.24, 2.45) is 0 Å². The average molecular weight is 239 g/mol. The number of nitrogens with zero attached hydrogens (tertiary/aromatic N) is 1. The highest BCUT2D eigenvalue weighted by Crippen LogP contribution is 2.18. The van der Waals surface area contributed by atoms with Gasteiger partial charge in [0.15, 0.2) is 5.76 Å². The molecule has 0 aliphatic rings. The van der Waals surface area contributed by atoms with Gasteiger partial charge in [-0.05, 0) is 13.8 Å². The topological polar surface area (TPSA) is 70.8 Å². The third kappa shape index (κ3) is 2.67. The van der Waals surface area contributed by atoms with Crippen LogP contribution >= 0.6 is 0 Å². The third-order valence-electron chi connectivity index (χ3n) is 2.67. The molecule has 5 nitrogen and oxygen atoms in total. The van der Waals surface area contributed by atoms with E-state index in [-0.39, 0.29) is 23.3 Å². The number of carboxylic acids is 1. The second kappa shape index (κ2) is 5.03. The first-order chi connectivity index (χ1) is 7.88. The minimum absolute atomic E-state index is 0.0333. The minimum atomic E-state index is -1.07. The lowest BCUT2D eigenvalue weighted by Gasteiger charge is -2.19. The van der Waals surface area contributed by atoms with Crippen molar-refractivity contribution in [2.45, 2.75) is 33.2 Å². The molecule has 0 aromatic carbocycles. The van der Waals surface area contributed by atoms with E-state index in [9.17, 15) is 9.59 Å². The van der Waals surface area contributed by atoms with Crippen LogP contribution in [0.4, 0.5) is 0 Å². The standard InChI is InChI=1S/C12H17NO4/c1-5-9-8(12(15)16)6-10(17-9)11(14)13(4)7(2)3/h6-7H,5H2,1-4H3,(H,15,16). The van der Waals surface area contributed by atoms with E-state index in [1.54, 1.807) is 14.0 Å². The Kier molecular flexibility index (Phi) is 3.93. The fourth-order valence-electron chi connectivity index (χ4n) is 1.39. The highest BCUT2D eigenvalue weighted by Gasteiger charge is 2.23. The smallest absolute Gasteiger partial charge is 0.339 e. The van der Waals surface area contributed by atoms with Crippen LogP contribution in [0.3, 0.4) is 0 Å². The van der Waals surface area contributed by atoms with Gasteiger partial charge in [-0.1, -0.05) is 6.92 Å². The van der Waals surface area contributed by atoms with Crippen molar-refractivity contribution in [3.63, 3.8) is 0 Å². The van der Waals surface area contributed by atoms with Gasteiger partial charge >= 0.3 is 5.97 Å². The number of amides is 1. The molecule has 0 radical (unpaired) electrons. The first-order valence-electron chi connectivity index (χ1n) is 5.51. The Morgan fingerprint density at radius 3 is 2.41 bits per heavy atom. The second-order valence-electron chi connectivity index (χ2n) is 4.12. The number of carboxylic acid groups (broad SMARTS) is 1. The van der Waals surface area contributed by atoms with Crippen molar-refractivity contribution in [1.82, 2.24) is 4.90 Å². The number of aromatic carboxylic acids is 1. The van der Waals surface area contributed by atoms with Gasteiger partial charge in [-0.25, -0.2) is 4.79 Å². The summed E-state index contributed by atoms with van der Waals surface area (Å²) in [5.74, 6) is -0.965. The SMILES string of the molecule is CCc1oc(C(=O)N(C)C(C)C)cc1C(=O)O. The Labute approximate surface area is 100 Å². The van der Waals surface area contributed by atoms with Gasteiger partial charge in [-0.3, -0.25) is 4.79 Å². The van der Waals surface area contributed by atoms with Gasteiger partial charge < -0.3 is 14.4 Å². The summed E-state index contributed by atoms with van der Waals surface area (Å²) in [5.41, 5.74) is 0.0630. The highest BCUT2D eigenvalue weighted by molar-refractivity contribution is 5.96. The molecule has 0 spiro atoms. The lowest BCUT2D eigenvalue weighted by atomic mass is 10.2. The predicted molar refractivity (Wildman–Crippen MR) is 62.3 cm³/mol. The van der Waals surface area contributed by atoms with Crippen LogP contribution in [0.25, 0.3) is 0 Å². The molecule has 1 rings (SSSR count). The van der Waals surface area contributed by atoms with Crippen LogP contribution in [-0.2, 0) is 6.42 Å². The Bertz CT molecular complexity index is 434. The summed E-state index contributed by atoms with van der Waals surface area (Å²) < 4.78 is 5.29. The molecular weight excluding hydrogens is 222 g/mol. The molecule has 0 aliphatic carbocycles. The molecule has 1 aromatic heterocycles. The predicted octanol–water partition coefficient (Wildman–Crippen LogP) is 2.02. The van der Waals surface area contributed by atoms with E-state index in [0.29, 0.717) is 12.2 Å². The largest absolute Gasteiger partial charge is 0.478 e. The van der Waals surface area contributed by atoms with Gasteiger partial charge in [0.25, 0.3) is 5.91 Å². The molecule has 5 heteroatoms. The third-order valence-corrected chi connectivity index (χ3v) is 2.67. The molecule has 0 atom stereocenters. The lowest BCUT2D eigenvalue weighted by Crippen LogP contribution is -2.32. The first-order valence-corrected chi connectivity index (χ1v) is 5.51. The van der Waals surface area contributed by atoms with E-state index < -0.39 is 5.97 Å². The van der Waals surface area contributed by atoms with E-state index in [4.69, 9.17) is 9.52 Å². The first kappa shape index (κ1) is 13.3. The number of rotatable bonds is 4. The van der Waals surface area contributed by atoms with Gasteiger partial charge in [0.05, 0.1) is 0 Å². The van der Waals surface area contributed by atoms with Gasteiger partial charge in [-0.15, -0.1) is 0 Å².